The molecule has 28 heavy (non-hydrogen) atoms. The van der Waals surface area contributed by atoms with Crippen LogP contribution >= 0.6 is 22.9 Å². The van der Waals surface area contributed by atoms with Gasteiger partial charge in [0.15, 0.2) is 5.78 Å². The minimum atomic E-state index is -0.632. The predicted molar refractivity (Wildman–Crippen MR) is 111 cm³/mol. The second-order valence-electron chi connectivity index (χ2n) is 8.49. The lowest BCUT2D eigenvalue weighted by molar-refractivity contribution is -0.149. The number of hydrogen-bond acceptors (Lipinski definition) is 5. The van der Waals surface area contributed by atoms with Crippen molar-refractivity contribution in [3.63, 3.8) is 0 Å². The molecule has 2 aromatic rings. The highest BCUT2D eigenvalue weighted by Gasteiger charge is 2.44. The standard InChI is InChI=1S/C22H22ClNO3S/c1-22(2,3)21(26)27-19-14-5-4-13(10-14)18(25)17(19)16-11-28-20(24-16)12-6-8-15(23)9-7-12/h6-9,11,13-14H,4-5,10H2,1-3H3/t13-,14-/m1/s1. The largest absolute Gasteiger partial charge is 0.430 e. The van der Waals surface area contributed by atoms with Gasteiger partial charge in [0.1, 0.15) is 10.8 Å². The Morgan fingerprint density at radius 2 is 1.86 bits per heavy atom. The van der Waals surface area contributed by atoms with E-state index in [0.29, 0.717) is 22.0 Å². The van der Waals surface area contributed by atoms with Crippen molar-refractivity contribution in [1.82, 2.24) is 4.98 Å². The molecule has 2 aliphatic carbocycles. The molecule has 0 radical (unpaired) electrons. The van der Waals surface area contributed by atoms with E-state index < -0.39 is 5.41 Å². The topological polar surface area (TPSA) is 56.3 Å². The molecule has 0 spiro atoms. The van der Waals surface area contributed by atoms with Crippen LogP contribution in [0.2, 0.25) is 5.02 Å². The number of thiazole rings is 1. The lowest BCUT2D eigenvalue weighted by Gasteiger charge is -2.26. The van der Waals surface area contributed by atoms with E-state index in [2.05, 4.69) is 0 Å². The summed E-state index contributed by atoms with van der Waals surface area (Å²) in [4.78, 5) is 30.4. The SMILES string of the molecule is CC(C)(C)C(=O)OC1=C(c2csc(-c3ccc(Cl)cc3)n2)C(=O)[C@@H]2CC[C@@H]1C2. The first kappa shape index (κ1) is 19.3. The average molecular weight is 416 g/mol. The molecular formula is C22H22ClNO3S. The van der Waals surface area contributed by atoms with Crippen LogP contribution in [0.5, 0.6) is 0 Å². The number of Topliss-reactive ketones (excluding diaryl/α,β-unsaturated/α-hetero) is 1. The minimum absolute atomic E-state index is 0.0118. The van der Waals surface area contributed by atoms with Crippen LogP contribution in [0.4, 0.5) is 0 Å². The number of fused-ring (bicyclic) bond motifs is 2. The van der Waals surface area contributed by atoms with Gasteiger partial charge in [-0.1, -0.05) is 23.7 Å². The third-order valence-electron chi connectivity index (χ3n) is 5.33. The van der Waals surface area contributed by atoms with Crippen molar-refractivity contribution >= 4 is 40.3 Å². The van der Waals surface area contributed by atoms with E-state index in [1.54, 1.807) is 0 Å². The molecule has 0 unspecified atom stereocenters. The summed E-state index contributed by atoms with van der Waals surface area (Å²) in [7, 11) is 0. The molecule has 4 nitrogen and oxygen atoms in total. The Hall–Kier alpha value is -1.98. The normalized spacial score (nSPS) is 21.9. The monoisotopic (exact) mass is 415 g/mol. The van der Waals surface area contributed by atoms with E-state index in [4.69, 9.17) is 21.3 Å². The second kappa shape index (κ2) is 7.12. The van der Waals surface area contributed by atoms with E-state index in [1.165, 1.54) is 11.3 Å². The number of ketones is 1. The third kappa shape index (κ3) is 3.53. The average Bonchev–Trinajstić information content (AvgIpc) is 3.28. The molecule has 0 saturated heterocycles. The van der Waals surface area contributed by atoms with Gasteiger partial charge in [-0.25, -0.2) is 4.98 Å². The summed E-state index contributed by atoms with van der Waals surface area (Å²) >= 11 is 7.44. The van der Waals surface area contributed by atoms with Crippen molar-refractivity contribution in [2.24, 2.45) is 17.3 Å². The Morgan fingerprint density at radius 3 is 2.54 bits per heavy atom. The Balaban J connectivity index is 1.75. The van der Waals surface area contributed by atoms with Gasteiger partial charge in [0, 0.05) is 27.8 Å². The predicted octanol–water partition coefficient (Wildman–Crippen LogP) is 5.76. The number of ether oxygens (including phenoxy) is 1. The fourth-order valence-corrected chi connectivity index (χ4v) is 4.68. The molecule has 6 heteroatoms. The van der Waals surface area contributed by atoms with Crippen LogP contribution < -0.4 is 0 Å². The number of nitrogens with zero attached hydrogens (tertiary/aromatic N) is 1. The molecule has 4 rings (SSSR count). The lowest BCUT2D eigenvalue weighted by Crippen LogP contribution is -2.28. The molecular weight excluding hydrogens is 394 g/mol. The number of benzene rings is 1. The second-order valence-corrected chi connectivity index (χ2v) is 9.79. The van der Waals surface area contributed by atoms with Crippen LogP contribution in [0.25, 0.3) is 16.1 Å². The van der Waals surface area contributed by atoms with Gasteiger partial charge < -0.3 is 4.74 Å². The maximum Gasteiger partial charge on any atom is 0.316 e. The summed E-state index contributed by atoms with van der Waals surface area (Å²) in [5.74, 6) is 0.388. The van der Waals surface area contributed by atoms with Crippen molar-refractivity contribution in [2.75, 3.05) is 0 Å². The molecule has 2 bridgehead atoms. The highest BCUT2D eigenvalue weighted by molar-refractivity contribution is 7.13. The van der Waals surface area contributed by atoms with Gasteiger partial charge in [0.25, 0.3) is 0 Å². The van der Waals surface area contributed by atoms with Gasteiger partial charge in [-0.2, -0.15) is 0 Å². The first-order chi connectivity index (χ1) is 13.2. The zero-order chi connectivity index (χ0) is 20.1. The summed E-state index contributed by atoms with van der Waals surface area (Å²) in [6.45, 7) is 5.46. The van der Waals surface area contributed by atoms with Crippen molar-refractivity contribution in [3.05, 3.63) is 46.1 Å². The molecule has 0 N–H and O–H groups in total. The smallest absolute Gasteiger partial charge is 0.316 e. The number of carbonyl (C=O) groups excluding carboxylic acids is 2. The van der Waals surface area contributed by atoms with Crippen LogP contribution in [-0.2, 0) is 14.3 Å². The highest BCUT2D eigenvalue weighted by atomic mass is 35.5. The number of carbonyl (C=O) groups is 2. The van der Waals surface area contributed by atoms with Gasteiger partial charge in [-0.15, -0.1) is 11.3 Å². The Morgan fingerprint density at radius 1 is 1.18 bits per heavy atom. The van der Waals surface area contributed by atoms with E-state index >= 15 is 0 Å². The van der Waals surface area contributed by atoms with Gasteiger partial charge in [-0.05, 0) is 52.2 Å². The Labute approximate surface area is 173 Å². The molecule has 1 heterocycles. The number of rotatable bonds is 3. The molecule has 146 valence electrons. The minimum Gasteiger partial charge on any atom is -0.430 e. The van der Waals surface area contributed by atoms with Crippen LogP contribution in [0.3, 0.4) is 0 Å². The van der Waals surface area contributed by atoms with Crippen LogP contribution in [-0.4, -0.2) is 16.7 Å². The van der Waals surface area contributed by atoms with E-state index in [-0.39, 0.29) is 23.6 Å². The summed E-state index contributed by atoms with van der Waals surface area (Å²) in [5, 5.41) is 3.36. The Bertz CT molecular complexity index is 968. The van der Waals surface area contributed by atoms with Gasteiger partial charge in [0.05, 0.1) is 16.7 Å². The lowest BCUT2D eigenvalue weighted by atomic mass is 9.85. The van der Waals surface area contributed by atoms with Crippen LogP contribution in [0.15, 0.2) is 35.4 Å². The maximum absolute atomic E-state index is 13.1. The first-order valence-corrected chi connectivity index (χ1v) is 10.7. The fourth-order valence-electron chi connectivity index (χ4n) is 3.74. The summed E-state index contributed by atoms with van der Waals surface area (Å²) in [6, 6.07) is 7.46. The molecule has 0 aliphatic heterocycles. The van der Waals surface area contributed by atoms with Gasteiger partial charge in [-0.3, -0.25) is 9.59 Å². The molecule has 1 aromatic carbocycles. The fraction of sp³-hybridized carbons (Fsp3) is 0.409. The zero-order valence-corrected chi connectivity index (χ0v) is 17.7. The summed E-state index contributed by atoms with van der Waals surface area (Å²) in [5.41, 5.74) is 1.41. The van der Waals surface area contributed by atoms with Crippen molar-refractivity contribution in [1.29, 1.82) is 0 Å². The molecule has 2 aliphatic rings. The van der Waals surface area contributed by atoms with E-state index in [1.807, 2.05) is 50.4 Å². The zero-order valence-electron chi connectivity index (χ0n) is 16.1. The quantitative estimate of drug-likeness (QED) is 0.597. The van der Waals surface area contributed by atoms with E-state index in [9.17, 15) is 9.59 Å². The Kier molecular flexibility index (Phi) is 4.92. The molecule has 1 fully saturated rings. The van der Waals surface area contributed by atoms with E-state index in [0.717, 1.165) is 29.8 Å². The number of allylic oxidation sites excluding steroid dienone is 2. The van der Waals surface area contributed by atoms with Gasteiger partial charge >= 0.3 is 5.97 Å². The number of hydrogen-bond donors (Lipinski definition) is 0. The molecule has 2 atom stereocenters. The maximum atomic E-state index is 13.1. The third-order valence-corrected chi connectivity index (χ3v) is 6.48. The van der Waals surface area contributed by atoms with Crippen LogP contribution in [0.1, 0.15) is 45.7 Å². The number of esters is 1. The highest BCUT2D eigenvalue weighted by Crippen LogP contribution is 2.47. The summed E-state index contributed by atoms with van der Waals surface area (Å²) in [6.07, 6.45) is 2.49. The van der Waals surface area contributed by atoms with Crippen molar-refractivity contribution in [3.8, 4) is 10.6 Å². The molecule has 0 amide bonds. The van der Waals surface area contributed by atoms with Crippen LogP contribution in [0, 0.1) is 17.3 Å². The van der Waals surface area contributed by atoms with Gasteiger partial charge in [0.2, 0.25) is 0 Å². The van der Waals surface area contributed by atoms with Crippen molar-refractivity contribution < 1.29 is 14.3 Å². The number of halogens is 1. The molecule has 1 aromatic heterocycles. The molecule has 1 saturated carbocycles. The first-order valence-electron chi connectivity index (χ1n) is 9.46. The number of aromatic nitrogens is 1. The van der Waals surface area contributed by atoms with Crippen molar-refractivity contribution in [2.45, 2.75) is 40.0 Å². The summed E-state index contributed by atoms with van der Waals surface area (Å²) < 4.78 is 5.82.